The average Bonchev–Trinajstić information content (AvgIpc) is 2.53. The maximum absolute atomic E-state index is 11.5. The molecule has 0 aliphatic rings. The molecular formula is C14H16N2O5. The van der Waals surface area contributed by atoms with Gasteiger partial charge in [0.1, 0.15) is 0 Å². The largest absolute Gasteiger partial charge is 0.493 e. The molecule has 0 atom stereocenters. The van der Waals surface area contributed by atoms with Crippen molar-refractivity contribution in [2.45, 2.75) is 0 Å². The lowest BCUT2D eigenvalue weighted by atomic mass is 10.2. The van der Waals surface area contributed by atoms with Crippen LogP contribution in [-0.4, -0.2) is 38.2 Å². The second-order valence-electron chi connectivity index (χ2n) is 4.02. The van der Waals surface area contributed by atoms with E-state index in [-0.39, 0.29) is 11.3 Å². The third-order valence-corrected chi connectivity index (χ3v) is 2.88. The molecule has 1 aromatic carbocycles. The molecule has 2 rings (SSSR count). The Morgan fingerprint density at radius 1 is 0.952 bits per heavy atom. The number of benzene rings is 1. The minimum absolute atomic E-state index is 0.00579. The van der Waals surface area contributed by atoms with Crippen LogP contribution >= 0.6 is 0 Å². The normalized spacial score (nSPS) is 10.1. The summed E-state index contributed by atoms with van der Waals surface area (Å²) in [4.78, 5) is 11.5. The van der Waals surface area contributed by atoms with E-state index >= 15 is 0 Å². The minimum Gasteiger partial charge on any atom is -0.493 e. The van der Waals surface area contributed by atoms with Gasteiger partial charge in [-0.3, -0.25) is 4.79 Å². The predicted molar refractivity (Wildman–Crippen MR) is 76.0 cm³/mol. The van der Waals surface area contributed by atoms with E-state index in [1.165, 1.54) is 45.4 Å². The van der Waals surface area contributed by atoms with E-state index < -0.39 is 0 Å². The zero-order valence-corrected chi connectivity index (χ0v) is 12.2. The summed E-state index contributed by atoms with van der Waals surface area (Å²) in [6, 6.07) is 4.81. The summed E-state index contributed by atoms with van der Waals surface area (Å²) in [5.74, 6) is 1.47. The topological polar surface area (TPSA) is 71.8 Å². The molecule has 0 saturated heterocycles. The standard InChI is InChI=1S/C14H16N2O5/c1-18-11-7-9(8-12(19-2)13(11)20-3)16-6-5-10(17)14(15-16)21-4/h5-8H,1-4H3. The molecule has 0 saturated carbocycles. The highest BCUT2D eigenvalue weighted by Gasteiger charge is 2.14. The molecule has 7 heteroatoms. The lowest BCUT2D eigenvalue weighted by molar-refractivity contribution is 0.324. The van der Waals surface area contributed by atoms with Crippen molar-refractivity contribution in [3.8, 4) is 28.8 Å². The molecule has 1 heterocycles. The Labute approximate surface area is 121 Å². The average molecular weight is 292 g/mol. The Hall–Kier alpha value is -2.70. The maximum Gasteiger partial charge on any atom is 0.279 e. The van der Waals surface area contributed by atoms with Crippen LogP contribution in [-0.2, 0) is 0 Å². The van der Waals surface area contributed by atoms with Crippen molar-refractivity contribution in [1.82, 2.24) is 9.78 Å². The highest BCUT2D eigenvalue weighted by molar-refractivity contribution is 5.58. The van der Waals surface area contributed by atoms with Gasteiger partial charge in [0.15, 0.2) is 11.5 Å². The van der Waals surface area contributed by atoms with E-state index in [2.05, 4.69) is 5.10 Å². The summed E-state index contributed by atoms with van der Waals surface area (Å²) in [5.41, 5.74) is 0.351. The highest BCUT2D eigenvalue weighted by Crippen LogP contribution is 2.39. The second kappa shape index (κ2) is 6.17. The molecule has 21 heavy (non-hydrogen) atoms. The van der Waals surface area contributed by atoms with E-state index in [1.54, 1.807) is 12.1 Å². The number of aromatic nitrogens is 2. The van der Waals surface area contributed by atoms with Gasteiger partial charge in [-0.05, 0) is 0 Å². The van der Waals surface area contributed by atoms with Crippen LogP contribution in [0.4, 0.5) is 0 Å². The molecule has 0 bridgehead atoms. The first kappa shape index (κ1) is 14.7. The van der Waals surface area contributed by atoms with E-state index in [0.717, 1.165) is 0 Å². The minimum atomic E-state index is -0.291. The van der Waals surface area contributed by atoms with Crippen molar-refractivity contribution in [2.24, 2.45) is 0 Å². The number of rotatable bonds is 5. The first-order chi connectivity index (χ1) is 10.1. The van der Waals surface area contributed by atoms with Gasteiger partial charge in [0, 0.05) is 24.4 Å². The maximum atomic E-state index is 11.5. The van der Waals surface area contributed by atoms with E-state index in [0.29, 0.717) is 22.9 Å². The van der Waals surface area contributed by atoms with Crippen molar-refractivity contribution in [3.63, 3.8) is 0 Å². The molecule has 0 unspecified atom stereocenters. The van der Waals surface area contributed by atoms with Gasteiger partial charge in [-0.15, -0.1) is 5.10 Å². The third-order valence-electron chi connectivity index (χ3n) is 2.88. The Morgan fingerprint density at radius 2 is 1.57 bits per heavy atom. The van der Waals surface area contributed by atoms with Crippen LogP contribution in [0.15, 0.2) is 29.2 Å². The van der Waals surface area contributed by atoms with Crippen molar-refractivity contribution in [1.29, 1.82) is 0 Å². The molecule has 0 aliphatic heterocycles. The molecule has 1 aromatic heterocycles. The van der Waals surface area contributed by atoms with Gasteiger partial charge in [0.25, 0.3) is 5.88 Å². The van der Waals surface area contributed by atoms with Crippen LogP contribution in [0.1, 0.15) is 0 Å². The van der Waals surface area contributed by atoms with Crippen LogP contribution < -0.4 is 24.4 Å². The van der Waals surface area contributed by atoms with Crippen LogP contribution in [0.2, 0.25) is 0 Å². The summed E-state index contributed by atoms with van der Waals surface area (Å²) in [7, 11) is 5.98. The number of ether oxygens (including phenoxy) is 4. The first-order valence-electron chi connectivity index (χ1n) is 6.09. The molecule has 2 aromatic rings. The molecule has 7 nitrogen and oxygen atoms in total. The zero-order valence-electron chi connectivity index (χ0n) is 12.2. The van der Waals surface area contributed by atoms with Crippen LogP contribution in [0.3, 0.4) is 0 Å². The SMILES string of the molecule is COc1cc(-n2ccc(=O)c(OC)n2)cc(OC)c1OC. The number of hydrogen-bond donors (Lipinski definition) is 0. The first-order valence-corrected chi connectivity index (χ1v) is 6.09. The number of methoxy groups -OCH3 is 4. The summed E-state index contributed by atoms with van der Waals surface area (Å²) in [6.45, 7) is 0. The van der Waals surface area contributed by atoms with Gasteiger partial charge < -0.3 is 18.9 Å². The lowest BCUT2D eigenvalue weighted by Crippen LogP contribution is -2.12. The zero-order chi connectivity index (χ0) is 15.4. The smallest absolute Gasteiger partial charge is 0.279 e. The van der Waals surface area contributed by atoms with Gasteiger partial charge in [-0.2, -0.15) is 0 Å². The predicted octanol–water partition coefficient (Wildman–Crippen LogP) is 1.27. The van der Waals surface area contributed by atoms with E-state index in [9.17, 15) is 4.79 Å². The molecule has 0 amide bonds. The number of hydrogen-bond acceptors (Lipinski definition) is 6. The fraction of sp³-hybridized carbons (Fsp3) is 0.286. The van der Waals surface area contributed by atoms with Gasteiger partial charge in [-0.25, -0.2) is 4.68 Å². The Kier molecular flexibility index (Phi) is 4.32. The van der Waals surface area contributed by atoms with Crippen LogP contribution in [0, 0.1) is 0 Å². The van der Waals surface area contributed by atoms with Crippen molar-refractivity contribution < 1.29 is 18.9 Å². The fourth-order valence-corrected chi connectivity index (χ4v) is 1.87. The van der Waals surface area contributed by atoms with Crippen molar-refractivity contribution in [2.75, 3.05) is 28.4 Å². The van der Waals surface area contributed by atoms with Gasteiger partial charge in [0.05, 0.1) is 34.1 Å². The molecule has 0 spiro atoms. The quantitative estimate of drug-likeness (QED) is 0.826. The summed E-state index contributed by atoms with van der Waals surface area (Å²) < 4.78 is 22.2. The van der Waals surface area contributed by atoms with Crippen molar-refractivity contribution in [3.05, 3.63) is 34.6 Å². The Morgan fingerprint density at radius 3 is 2.05 bits per heavy atom. The summed E-state index contributed by atoms with van der Waals surface area (Å²) in [5, 5.41) is 4.10. The number of nitrogens with zero attached hydrogens (tertiary/aromatic N) is 2. The highest BCUT2D eigenvalue weighted by atomic mass is 16.5. The molecule has 0 aliphatic carbocycles. The van der Waals surface area contributed by atoms with Crippen LogP contribution in [0.25, 0.3) is 5.69 Å². The Balaban J connectivity index is 2.61. The van der Waals surface area contributed by atoms with Gasteiger partial charge in [0.2, 0.25) is 11.2 Å². The lowest BCUT2D eigenvalue weighted by Gasteiger charge is -2.15. The van der Waals surface area contributed by atoms with E-state index in [1.807, 2.05) is 0 Å². The van der Waals surface area contributed by atoms with Crippen molar-refractivity contribution >= 4 is 0 Å². The third kappa shape index (κ3) is 2.76. The fourth-order valence-electron chi connectivity index (χ4n) is 1.87. The molecule has 0 fully saturated rings. The van der Waals surface area contributed by atoms with Gasteiger partial charge >= 0.3 is 0 Å². The van der Waals surface area contributed by atoms with E-state index in [4.69, 9.17) is 18.9 Å². The molecule has 112 valence electrons. The second-order valence-corrected chi connectivity index (χ2v) is 4.02. The summed E-state index contributed by atoms with van der Waals surface area (Å²) in [6.07, 6.45) is 1.53. The monoisotopic (exact) mass is 292 g/mol. The van der Waals surface area contributed by atoms with Crippen LogP contribution in [0.5, 0.6) is 23.1 Å². The van der Waals surface area contributed by atoms with Gasteiger partial charge in [-0.1, -0.05) is 0 Å². The summed E-state index contributed by atoms with van der Waals surface area (Å²) >= 11 is 0. The Bertz CT molecular complexity index is 671. The molecule has 0 radical (unpaired) electrons. The molecular weight excluding hydrogens is 276 g/mol. The molecule has 0 N–H and O–H groups in total.